The van der Waals surface area contributed by atoms with Crippen LogP contribution in [0.2, 0.25) is 0 Å². The molecule has 0 N–H and O–H groups in total. The van der Waals surface area contributed by atoms with Gasteiger partial charge in [-0.2, -0.15) is 0 Å². The van der Waals surface area contributed by atoms with Crippen LogP contribution in [0.1, 0.15) is 110 Å². The molecule has 0 aromatic carbocycles. The maximum absolute atomic E-state index is 12.1. The molecule has 0 heterocycles. The molecule has 3 saturated carbocycles. The van der Waals surface area contributed by atoms with Crippen molar-refractivity contribution >= 4 is 5.78 Å². The number of carbonyl (C=O) groups excluding carboxylic acids is 1. The molecule has 0 bridgehead atoms. The summed E-state index contributed by atoms with van der Waals surface area (Å²) in [5.74, 6) is 5.62. The number of hydrogen-bond acceptors (Lipinski definition) is 1. The lowest BCUT2D eigenvalue weighted by Gasteiger charge is -2.41. The molecule has 3 rings (SSSR count). The molecule has 144 valence electrons. The van der Waals surface area contributed by atoms with Crippen LogP contribution in [0.4, 0.5) is 0 Å². The Balaban J connectivity index is 1.36. The number of carbonyl (C=O) groups is 1. The van der Waals surface area contributed by atoms with Crippen LogP contribution < -0.4 is 0 Å². The molecule has 1 heteroatoms. The number of ketones is 1. The van der Waals surface area contributed by atoms with E-state index in [1.165, 1.54) is 83.5 Å². The van der Waals surface area contributed by atoms with Crippen molar-refractivity contribution in [3.05, 3.63) is 0 Å². The van der Waals surface area contributed by atoms with Gasteiger partial charge in [-0.1, -0.05) is 52.4 Å². The monoisotopic (exact) mass is 346 g/mol. The van der Waals surface area contributed by atoms with Gasteiger partial charge in [-0.3, -0.25) is 4.79 Å². The zero-order chi connectivity index (χ0) is 17.6. The molecule has 3 fully saturated rings. The van der Waals surface area contributed by atoms with E-state index in [0.717, 1.165) is 42.4 Å². The summed E-state index contributed by atoms with van der Waals surface area (Å²) >= 11 is 0. The summed E-state index contributed by atoms with van der Waals surface area (Å²) in [5.41, 5.74) is 0. The molecule has 3 aliphatic rings. The second-order valence-corrected chi connectivity index (χ2v) is 9.86. The molecule has 25 heavy (non-hydrogen) atoms. The van der Waals surface area contributed by atoms with E-state index < -0.39 is 0 Å². The van der Waals surface area contributed by atoms with Crippen LogP contribution >= 0.6 is 0 Å². The van der Waals surface area contributed by atoms with Crippen LogP contribution in [0, 0.1) is 35.5 Å². The second kappa shape index (κ2) is 9.56. The van der Waals surface area contributed by atoms with Crippen LogP contribution in [-0.2, 0) is 4.79 Å². The summed E-state index contributed by atoms with van der Waals surface area (Å²) in [6.45, 7) is 4.45. The van der Waals surface area contributed by atoms with Crippen LogP contribution in [0.25, 0.3) is 0 Å². The Morgan fingerprint density at radius 1 is 0.720 bits per heavy atom. The van der Waals surface area contributed by atoms with Crippen LogP contribution in [-0.4, -0.2) is 5.78 Å². The number of unbranched alkanes of at least 4 members (excludes halogenated alkanes) is 2. The largest absolute Gasteiger partial charge is 0.299 e. The van der Waals surface area contributed by atoms with Gasteiger partial charge in [-0.15, -0.1) is 0 Å². The minimum Gasteiger partial charge on any atom is -0.299 e. The van der Waals surface area contributed by atoms with Gasteiger partial charge in [0.1, 0.15) is 5.78 Å². The Hall–Kier alpha value is -0.330. The Labute approximate surface area is 156 Å². The number of Topliss-reactive ketones (excluding diaryl/α,β-unsaturated/α-hetero) is 1. The maximum atomic E-state index is 12.1. The first kappa shape index (κ1) is 19.4. The predicted octanol–water partition coefficient (Wildman–Crippen LogP) is 7.18. The molecule has 0 saturated heterocycles. The van der Waals surface area contributed by atoms with Gasteiger partial charge >= 0.3 is 0 Å². The van der Waals surface area contributed by atoms with E-state index in [9.17, 15) is 4.79 Å². The molecule has 0 aromatic rings. The zero-order valence-electron chi connectivity index (χ0n) is 17.0. The predicted molar refractivity (Wildman–Crippen MR) is 107 cm³/mol. The highest BCUT2D eigenvalue weighted by molar-refractivity contribution is 5.81. The van der Waals surface area contributed by atoms with Crippen molar-refractivity contribution in [3.63, 3.8) is 0 Å². The quantitative estimate of drug-likeness (QED) is 0.465. The van der Waals surface area contributed by atoms with Crippen molar-refractivity contribution in [2.45, 2.75) is 110 Å². The zero-order valence-corrected chi connectivity index (χ0v) is 17.0. The Morgan fingerprint density at radius 3 is 1.80 bits per heavy atom. The second-order valence-electron chi connectivity index (χ2n) is 9.86. The van der Waals surface area contributed by atoms with Crippen molar-refractivity contribution in [2.75, 3.05) is 0 Å². The lowest BCUT2D eigenvalue weighted by Crippen LogP contribution is -2.32. The highest BCUT2D eigenvalue weighted by Crippen LogP contribution is 2.45. The van der Waals surface area contributed by atoms with Crippen molar-refractivity contribution < 1.29 is 4.79 Å². The van der Waals surface area contributed by atoms with Crippen LogP contribution in [0.5, 0.6) is 0 Å². The molecule has 0 unspecified atom stereocenters. The van der Waals surface area contributed by atoms with Crippen molar-refractivity contribution in [3.8, 4) is 0 Å². The minimum atomic E-state index is 0.347. The molecule has 0 amide bonds. The molecule has 2 atom stereocenters. The topological polar surface area (TPSA) is 17.1 Å². The fraction of sp³-hybridized carbons (Fsp3) is 0.958. The first-order chi connectivity index (χ1) is 12.2. The van der Waals surface area contributed by atoms with E-state index in [1.807, 2.05) is 0 Å². The third kappa shape index (κ3) is 5.33. The van der Waals surface area contributed by atoms with Crippen LogP contribution in [0.3, 0.4) is 0 Å². The van der Waals surface area contributed by atoms with Gasteiger partial charge in [0.25, 0.3) is 0 Å². The molecule has 3 aliphatic carbocycles. The summed E-state index contributed by atoms with van der Waals surface area (Å²) in [6.07, 6.45) is 21.0. The van der Waals surface area contributed by atoms with E-state index in [4.69, 9.17) is 0 Å². The number of rotatable bonds is 6. The molecule has 0 spiro atoms. The first-order valence-corrected chi connectivity index (χ1v) is 11.7. The number of hydrogen-bond donors (Lipinski definition) is 0. The lowest BCUT2D eigenvalue weighted by atomic mass is 9.65. The molecule has 1 nitrogen and oxygen atoms in total. The van der Waals surface area contributed by atoms with Gasteiger partial charge < -0.3 is 0 Å². The van der Waals surface area contributed by atoms with Crippen LogP contribution in [0.15, 0.2) is 0 Å². The van der Waals surface area contributed by atoms with E-state index in [0.29, 0.717) is 11.7 Å². The molecular formula is C24H42O. The highest BCUT2D eigenvalue weighted by atomic mass is 16.1. The van der Waals surface area contributed by atoms with Gasteiger partial charge in [-0.25, -0.2) is 0 Å². The fourth-order valence-electron chi connectivity index (χ4n) is 6.31. The van der Waals surface area contributed by atoms with Crippen molar-refractivity contribution in [1.29, 1.82) is 0 Å². The Morgan fingerprint density at radius 2 is 1.24 bits per heavy atom. The van der Waals surface area contributed by atoms with Crippen molar-refractivity contribution in [2.24, 2.45) is 35.5 Å². The third-order valence-corrected chi connectivity index (χ3v) is 8.24. The van der Waals surface area contributed by atoms with Gasteiger partial charge in [0.05, 0.1) is 0 Å². The van der Waals surface area contributed by atoms with Gasteiger partial charge in [-0.05, 0) is 81.0 Å². The van der Waals surface area contributed by atoms with E-state index >= 15 is 0 Å². The molecule has 0 radical (unpaired) electrons. The van der Waals surface area contributed by atoms with Gasteiger partial charge in [0.2, 0.25) is 0 Å². The third-order valence-electron chi connectivity index (χ3n) is 8.24. The van der Waals surface area contributed by atoms with Gasteiger partial charge in [0.15, 0.2) is 0 Å². The summed E-state index contributed by atoms with van der Waals surface area (Å²) in [7, 11) is 0. The molecule has 0 aliphatic heterocycles. The standard InChI is InChI=1S/C24H42O/c1-3-4-5-6-19-8-11-20(12-9-19)21-13-15-22(16-14-21)23-10-7-18(2)24(25)17-23/h18-23H,3-17H2,1-2H3/t18-,19?,20?,21?,22?,23-/m0/s1. The summed E-state index contributed by atoms with van der Waals surface area (Å²) in [6, 6.07) is 0. The summed E-state index contributed by atoms with van der Waals surface area (Å²) in [5, 5.41) is 0. The smallest absolute Gasteiger partial charge is 0.135 e. The van der Waals surface area contributed by atoms with E-state index in [1.54, 1.807) is 0 Å². The molecule has 0 aromatic heterocycles. The Bertz CT molecular complexity index is 398. The molecular weight excluding hydrogens is 304 g/mol. The Kier molecular flexibility index (Phi) is 7.43. The SMILES string of the molecule is CCCCCC1CCC(C2CCC([C@H]3CC[C@H](C)C(=O)C3)CC2)CC1. The summed E-state index contributed by atoms with van der Waals surface area (Å²) < 4.78 is 0. The van der Waals surface area contributed by atoms with Crippen molar-refractivity contribution in [1.82, 2.24) is 0 Å². The average molecular weight is 347 g/mol. The minimum absolute atomic E-state index is 0.347. The normalized spacial score (nSPS) is 40.2. The fourth-order valence-corrected chi connectivity index (χ4v) is 6.31. The lowest BCUT2D eigenvalue weighted by molar-refractivity contribution is -0.126. The maximum Gasteiger partial charge on any atom is 0.135 e. The average Bonchev–Trinajstić information content (AvgIpc) is 2.65. The highest BCUT2D eigenvalue weighted by Gasteiger charge is 2.35. The van der Waals surface area contributed by atoms with E-state index in [2.05, 4.69) is 13.8 Å². The van der Waals surface area contributed by atoms with E-state index in [-0.39, 0.29) is 0 Å². The first-order valence-electron chi connectivity index (χ1n) is 11.7. The summed E-state index contributed by atoms with van der Waals surface area (Å²) in [4.78, 5) is 12.1. The van der Waals surface area contributed by atoms with Gasteiger partial charge in [0, 0.05) is 12.3 Å².